The number of rotatable bonds is 11. The van der Waals surface area contributed by atoms with Crippen molar-refractivity contribution >= 4 is 23.6 Å². The summed E-state index contributed by atoms with van der Waals surface area (Å²) in [5.74, 6) is -3.10. The number of amides is 2. The Bertz CT molecular complexity index is 1580. The average Bonchev–Trinajstić information content (AvgIpc) is 3.56. The first-order chi connectivity index (χ1) is 23.7. The molecule has 0 spiro atoms. The maximum atomic E-state index is 17.6. The zero-order valence-corrected chi connectivity index (χ0v) is 28.8. The van der Waals surface area contributed by atoms with Gasteiger partial charge in [-0.15, -0.1) is 0 Å². The number of benzene rings is 1. The molecule has 4 aliphatic carbocycles. The third kappa shape index (κ3) is 5.79. The van der Waals surface area contributed by atoms with Crippen molar-refractivity contribution in [2.75, 3.05) is 19.9 Å². The van der Waals surface area contributed by atoms with Gasteiger partial charge in [-0.2, -0.15) is 0 Å². The summed E-state index contributed by atoms with van der Waals surface area (Å²) < 4.78 is 57.0. The second-order valence-corrected chi connectivity index (χ2v) is 14.7. The number of carbonyl (C=O) groups excluding carboxylic acids is 4. The molecule has 10 atom stereocenters. The standard InChI is InChI=1S/C37H46F2N2O9/c1-5-6-32-49-30-15-24-25-14-27(38)26-13-23(42)11-12-34(26,3)36(25,39)28(43)16-35(24,4)37(30,50-32)29(44)19-47-20-41-31(45)17-40-33(46)48-18-22-9-7-21(2)8-10-22/h7-13,24-25,27-28,30,32,43H,5-6,14-20H2,1-4H3,(H,40,46)(H,41,45)/t24-,25-,27-,28-,30+,32?,34-,35-,36-,37+/m0/s1. The van der Waals surface area contributed by atoms with Gasteiger partial charge < -0.3 is 34.7 Å². The summed E-state index contributed by atoms with van der Waals surface area (Å²) in [5.41, 5.74) is -4.74. The van der Waals surface area contributed by atoms with Crippen LogP contribution in [0.3, 0.4) is 0 Å². The average molecular weight is 701 g/mol. The van der Waals surface area contributed by atoms with Crippen molar-refractivity contribution in [3.05, 3.63) is 59.2 Å². The van der Waals surface area contributed by atoms with E-state index in [0.29, 0.717) is 12.8 Å². The number of hydrogen-bond donors (Lipinski definition) is 3. The highest BCUT2D eigenvalue weighted by atomic mass is 19.1. The number of alkyl carbamates (subject to hydrolysis) is 1. The van der Waals surface area contributed by atoms with Crippen LogP contribution in [0.1, 0.15) is 64.0 Å². The predicted molar refractivity (Wildman–Crippen MR) is 175 cm³/mol. The maximum Gasteiger partial charge on any atom is 0.407 e. The topological polar surface area (TPSA) is 149 Å². The number of hydrogen-bond acceptors (Lipinski definition) is 9. The molecule has 1 unspecified atom stereocenters. The molecule has 2 amide bonds. The first-order valence-corrected chi connectivity index (χ1v) is 17.3. The van der Waals surface area contributed by atoms with Gasteiger partial charge in [0.05, 0.1) is 12.2 Å². The number of aliphatic hydroxyl groups is 1. The summed E-state index contributed by atoms with van der Waals surface area (Å²) in [6.07, 6.45) is -0.779. The van der Waals surface area contributed by atoms with Crippen LogP contribution in [0, 0.1) is 29.6 Å². The van der Waals surface area contributed by atoms with E-state index in [1.54, 1.807) is 6.92 Å². The number of ketones is 2. The lowest BCUT2D eigenvalue weighted by atomic mass is 9.44. The number of halogens is 2. The summed E-state index contributed by atoms with van der Waals surface area (Å²) >= 11 is 0. The van der Waals surface area contributed by atoms with Gasteiger partial charge in [-0.05, 0) is 68.7 Å². The highest BCUT2D eigenvalue weighted by Crippen LogP contribution is 2.72. The molecule has 3 saturated carbocycles. The van der Waals surface area contributed by atoms with E-state index in [9.17, 15) is 24.3 Å². The molecule has 5 aliphatic rings. The van der Waals surface area contributed by atoms with E-state index < -0.39 is 88.8 Å². The number of fused-ring (bicyclic) bond motifs is 7. The highest BCUT2D eigenvalue weighted by Gasteiger charge is 2.80. The minimum Gasteiger partial charge on any atom is -0.445 e. The summed E-state index contributed by atoms with van der Waals surface area (Å²) in [6, 6.07) is 7.46. The largest absolute Gasteiger partial charge is 0.445 e. The first-order valence-electron chi connectivity index (χ1n) is 17.3. The zero-order chi connectivity index (χ0) is 36.1. The van der Waals surface area contributed by atoms with Crippen LogP contribution in [-0.4, -0.2) is 84.5 Å². The summed E-state index contributed by atoms with van der Waals surface area (Å²) in [5, 5.41) is 16.6. The Balaban J connectivity index is 1.11. The van der Waals surface area contributed by atoms with E-state index >= 15 is 8.78 Å². The van der Waals surface area contributed by atoms with Crippen LogP contribution in [0.25, 0.3) is 0 Å². The molecular weight excluding hydrogens is 654 g/mol. The number of Topliss-reactive ketones (excluding diaryl/α,β-unsaturated/α-hetero) is 1. The van der Waals surface area contributed by atoms with Crippen LogP contribution in [0.2, 0.25) is 0 Å². The van der Waals surface area contributed by atoms with Crippen LogP contribution < -0.4 is 10.6 Å². The minimum atomic E-state index is -2.31. The fraction of sp³-hybridized carbons (Fsp3) is 0.622. The van der Waals surface area contributed by atoms with Gasteiger partial charge >= 0.3 is 6.09 Å². The van der Waals surface area contributed by atoms with E-state index in [0.717, 1.165) is 17.2 Å². The Hall–Kier alpha value is -3.52. The quantitative estimate of drug-likeness (QED) is 0.229. The molecule has 6 rings (SSSR count). The van der Waals surface area contributed by atoms with Crippen molar-refractivity contribution in [2.24, 2.45) is 22.7 Å². The van der Waals surface area contributed by atoms with Crippen molar-refractivity contribution in [2.45, 2.75) is 102 Å². The lowest BCUT2D eigenvalue weighted by Crippen LogP contribution is -2.71. The second-order valence-electron chi connectivity index (χ2n) is 14.7. The summed E-state index contributed by atoms with van der Waals surface area (Å²) in [4.78, 5) is 50.8. The third-order valence-corrected chi connectivity index (χ3v) is 11.8. The molecule has 1 aromatic rings. The smallest absolute Gasteiger partial charge is 0.407 e. The molecule has 1 saturated heterocycles. The molecule has 1 aliphatic heterocycles. The van der Waals surface area contributed by atoms with Crippen LogP contribution in [0.5, 0.6) is 0 Å². The zero-order valence-electron chi connectivity index (χ0n) is 28.8. The molecule has 0 radical (unpaired) electrons. The van der Waals surface area contributed by atoms with Crippen molar-refractivity contribution in [3.8, 4) is 0 Å². The number of carbonyl (C=O) groups is 4. The summed E-state index contributed by atoms with van der Waals surface area (Å²) in [7, 11) is 0. The van der Waals surface area contributed by atoms with E-state index in [1.807, 2.05) is 38.1 Å². The van der Waals surface area contributed by atoms with E-state index in [4.69, 9.17) is 18.9 Å². The van der Waals surface area contributed by atoms with Crippen molar-refractivity contribution in [3.63, 3.8) is 0 Å². The molecule has 50 heavy (non-hydrogen) atoms. The SMILES string of the molecule is CCCC1O[C@@H]2C[C@H]3[C@@H]4C[C@H](F)C5=CC(=O)C=C[C@]5(C)[C@@]4(F)[C@@H](O)C[C@]3(C)[C@]2(C(=O)COCNC(=O)CNC(=O)OCc2ccc(C)cc2)O1. The molecule has 1 heterocycles. The van der Waals surface area contributed by atoms with Crippen LogP contribution in [0.15, 0.2) is 48.1 Å². The van der Waals surface area contributed by atoms with Gasteiger partial charge in [0.1, 0.15) is 32.7 Å². The predicted octanol–water partition coefficient (Wildman–Crippen LogP) is 4.09. The number of aliphatic hydroxyl groups excluding tert-OH is 1. The van der Waals surface area contributed by atoms with Gasteiger partial charge in [0.15, 0.2) is 29.1 Å². The normalized spacial score (nSPS) is 38.3. The number of allylic oxidation sites excluding steroid dienone is 4. The van der Waals surface area contributed by atoms with Gasteiger partial charge in [0, 0.05) is 16.7 Å². The van der Waals surface area contributed by atoms with E-state index in [1.165, 1.54) is 19.1 Å². The van der Waals surface area contributed by atoms with Gasteiger partial charge in [0.25, 0.3) is 0 Å². The fourth-order valence-electron chi connectivity index (χ4n) is 9.37. The van der Waals surface area contributed by atoms with Crippen molar-refractivity contribution < 1.29 is 52.0 Å². The lowest BCUT2D eigenvalue weighted by molar-refractivity contribution is -0.235. The number of aryl methyl sites for hydroxylation is 1. The van der Waals surface area contributed by atoms with Crippen molar-refractivity contribution in [1.29, 1.82) is 0 Å². The molecule has 0 bridgehead atoms. The number of nitrogens with one attached hydrogen (secondary N) is 2. The monoisotopic (exact) mass is 700 g/mol. The fourth-order valence-corrected chi connectivity index (χ4v) is 9.37. The molecule has 13 heteroatoms. The molecular formula is C37H46F2N2O9. The lowest BCUT2D eigenvalue weighted by Gasteiger charge is -2.63. The first kappa shape index (κ1) is 36.3. The van der Waals surface area contributed by atoms with Gasteiger partial charge in [0.2, 0.25) is 5.91 Å². The molecule has 1 aromatic carbocycles. The van der Waals surface area contributed by atoms with E-state index in [-0.39, 0.29) is 44.7 Å². The third-order valence-electron chi connectivity index (χ3n) is 11.8. The van der Waals surface area contributed by atoms with Crippen LogP contribution in [0.4, 0.5) is 13.6 Å². The maximum absolute atomic E-state index is 17.6. The van der Waals surface area contributed by atoms with Gasteiger partial charge in [-0.1, -0.05) is 56.2 Å². The molecule has 4 fully saturated rings. The molecule has 272 valence electrons. The van der Waals surface area contributed by atoms with Gasteiger partial charge in [-0.25, -0.2) is 13.6 Å². The Morgan fingerprint density at radius 3 is 2.56 bits per heavy atom. The van der Waals surface area contributed by atoms with E-state index in [2.05, 4.69) is 10.6 Å². The van der Waals surface area contributed by atoms with Gasteiger partial charge in [-0.3, -0.25) is 14.4 Å². The van der Waals surface area contributed by atoms with Crippen LogP contribution in [-0.2, 0) is 39.9 Å². The molecule has 11 nitrogen and oxygen atoms in total. The number of ether oxygens (including phenoxy) is 4. The summed E-state index contributed by atoms with van der Waals surface area (Å²) in [6.45, 7) is 6.01. The molecule has 0 aromatic heterocycles. The molecule has 3 N–H and O–H groups in total. The number of alkyl halides is 2. The second kappa shape index (κ2) is 13.6. The Morgan fingerprint density at radius 2 is 1.84 bits per heavy atom. The Morgan fingerprint density at radius 1 is 1.10 bits per heavy atom. The van der Waals surface area contributed by atoms with Crippen LogP contribution >= 0.6 is 0 Å². The Kier molecular flexibility index (Phi) is 9.83. The highest BCUT2D eigenvalue weighted by molar-refractivity contribution is 6.01. The minimum absolute atomic E-state index is 0.0238. The Labute approximate surface area is 290 Å². The van der Waals surface area contributed by atoms with Crippen molar-refractivity contribution in [1.82, 2.24) is 10.6 Å².